The Balaban J connectivity index is 1.28. The molecule has 20 nitrogen and oxygen atoms in total. The van der Waals surface area contributed by atoms with Crippen molar-refractivity contribution in [2.45, 2.75) is 74.5 Å². The first-order chi connectivity index (χ1) is 29.0. The van der Waals surface area contributed by atoms with E-state index in [0.717, 1.165) is 41.5 Å². The van der Waals surface area contributed by atoms with E-state index in [1.807, 2.05) is 42.5 Å². The van der Waals surface area contributed by atoms with Crippen molar-refractivity contribution < 1.29 is 65.4 Å². The maximum absolute atomic E-state index is 13.2. The lowest BCUT2D eigenvalue weighted by Crippen LogP contribution is -2.54. The van der Waals surface area contributed by atoms with Gasteiger partial charge in [-0.1, -0.05) is 48.0 Å². The summed E-state index contributed by atoms with van der Waals surface area (Å²) in [6.07, 6.45) is -10.7. The number of nitrogens with two attached hydrogens (primary N) is 2. The van der Waals surface area contributed by atoms with Gasteiger partial charge in [-0.3, -0.25) is 19.5 Å². The minimum absolute atomic E-state index is 0.0187. The Morgan fingerprint density at radius 1 is 0.836 bits per heavy atom. The molecule has 15 N–H and O–H groups in total. The van der Waals surface area contributed by atoms with E-state index in [2.05, 4.69) is 20.3 Å². The van der Waals surface area contributed by atoms with E-state index in [1.54, 1.807) is 0 Å². The molecule has 3 aromatic rings. The van der Waals surface area contributed by atoms with Crippen LogP contribution in [0.3, 0.4) is 0 Å². The Kier molecular flexibility index (Phi) is 19.1. The molecule has 1 aliphatic rings. The summed E-state index contributed by atoms with van der Waals surface area (Å²) in [5.41, 5.74) is 15.2. The normalized spacial score (nSPS) is 18.2. The first-order valence-electron chi connectivity index (χ1n) is 19.7. The van der Waals surface area contributed by atoms with E-state index < -0.39 is 87.0 Å². The van der Waals surface area contributed by atoms with E-state index in [9.17, 15) is 50.4 Å². The smallest absolute Gasteiger partial charge is 0.269 e. The van der Waals surface area contributed by atoms with Crippen LogP contribution in [-0.4, -0.2) is 185 Å². The van der Waals surface area contributed by atoms with Gasteiger partial charge in [0.25, 0.3) is 5.91 Å². The number of aliphatic hydroxyl groups excluding tert-OH is 10. The number of fused-ring (bicyclic) bond motifs is 1. The van der Waals surface area contributed by atoms with Gasteiger partial charge in [-0.25, -0.2) is 9.97 Å². The molecule has 1 unspecified atom stereocenters. The number of nitrogens with zero attached hydrogens (tertiary/aromatic N) is 4. The molecule has 61 heavy (non-hydrogen) atoms. The molecule has 0 spiro atoms. The van der Waals surface area contributed by atoms with Crippen molar-refractivity contribution in [3.05, 3.63) is 76.3 Å². The third-order valence-corrected chi connectivity index (χ3v) is 10.5. The Bertz CT molecular complexity index is 1880. The van der Waals surface area contributed by atoms with E-state index in [0.29, 0.717) is 18.7 Å². The second-order valence-electron chi connectivity index (χ2n) is 14.9. The number of primary amides is 1. The minimum Gasteiger partial charge on any atom is -0.492 e. The zero-order valence-electron chi connectivity index (χ0n) is 33.3. The van der Waals surface area contributed by atoms with Crippen LogP contribution in [0.15, 0.2) is 53.7 Å². The highest BCUT2D eigenvalue weighted by Gasteiger charge is 2.35. The molecule has 1 aliphatic heterocycles. The zero-order valence-corrected chi connectivity index (χ0v) is 34.1. The fraction of sp³-hybridized carbons (Fsp3) is 0.525. The molecule has 9 atom stereocenters. The molecule has 0 bridgehead atoms. The maximum atomic E-state index is 13.2. The van der Waals surface area contributed by atoms with E-state index in [1.165, 1.54) is 11.1 Å². The minimum atomic E-state index is -1.93. The van der Waals surface area contributed by atoms with Gasteiger partial charge in [0.1, 0.15) is 65.7 Å². The quantitative estimate of drug-likeness (QED) is 0.0235. The number of benzene rings is 2. The average molecular weight is 878 g/mol. The van der Waals surface area contributed by atoms with Gasteiger partial charge in [-0.2, -0.15) is 0 Å². The summed E-state index contributed by atoms with van der Waals surface area (Å²) >= 11 is 5.81. The summed E-state index contributed by atoms with van der Waals surface area (Å²) in [4.78, 5) is 38.4. The summed E-state index contributed by atoms with van der Waals surface area (Å²) in [5, 5.41) is 102. The summed E-state index contributed by atoms with van der Waals surface area (Å²) in [5.74, 6) is -1.02. The first-order valence-corrected chi connectivity index (χ1v) is 20.1. The molecule has 4 rings (SSSR count). The molecule has 2 heterocycles. The summed E-state index contributed by atoms with van der Waals surface area (Å²) in [6, 6.07) is 13.9. The zero-order chi connectivity index (χ0) is 44.8. The Morgan fingerprint density at radius 3 is 2.02 bits per heavy atom. The predicted molar refractivity (Wildman–Crippen MR) is 220 cm³/mol. The van der Waals surface area contributed by atoms with Crippen LogP contribution in [0.5, 0.6) is 5.75 Å². The van der Waals surface area contributed by atoms with Gasteiger partial charge in [-0.15, -0.1) is 0 Å². The second kappa shape index (κ2) is 23.7. The number of ether oxygens (including phenoxy) is 1. The number of aliphatic imine (C=N–C) groups is 1. The summed E-state index contributed by atoms with van der Waals surface area (Å²) in [7, 11) is 0. The number of hydrogen-bond donors (Lipinski definition) is 13. The summed E-state index contributed by atoms with van der Waals surface area (Å²) < 4.78 is 6.00. The standard InChI is InChI=1S/C40H56ClN7O13/c41-31-15-46-32(33(47-31)39(43)59)38(42)44-10-2-1-3-21-4-6-22(7-5-21)23-8-9-24-13-25(20-61-30(24)14-23)40(60)45-11-12-48(16-26(51)34(55)36(57)28(53)18-49)17-27(52)35(56)37(58)29(54)19-50/h4-9,14-15,25-29,34-37,49-58H,1-3,10-13,16-20H2,(H2,42,44)(H2,43,59)(H,45,60)/t25?,26-,27-,28+,29+,34+,35+,36+,37+/m0/s1. The average Bonchev–Trinajstić information content (AvgIpc) is 3.26. The van der Waals surface area contributed by atoms with Crippen LogP contribution in [0.25, 0.3) is 11.1 Å². The third-order valence-electron chi connectivity index (χ3n) is 10.3. The Labute approximate surface area is 356 Å². The van der Waals surface area contributed by atoms with Crippen LogP contribution < -0.4 is 21.5 Å². The van der Waals surface area contributed by atoms with Crippen molar-refractivity contribution in [2.75, 3.05) is 52.5 Å². The van der Waals surface area contributed by atoms with Crippen LogP contribution in [-0.2, 0) is 17.6 Å². The molecule has 21 heteroatoms. The van der Waals surface area contributed by atoms with Gasteiger partial charge in [0.2, 0.25) is 5.91 Å². The molecule has 2 amide bonds. The van der Waals surface area contributed by atoms with Crippen molar-refractivity contribution in [2.24, 2.45) is 22.4 Å². The number of halogens is 1. The van der Waals surface area contributed by atoms with Crippen LogP contribution in [0.1, 0.15) is 40.2 Å². The molecule has 336 valence electrons. The van der Waals surface area contributed by atoms with Crippen LogP contribution in [0.2, 0.25) is 5.15 Å². The molecule has 1 aromatic heterocycles. The van der Waals surface area contributed by atoms with Crippen LogP contribution in [0.4, 0.5) is 0 Å². The van der Waals surface area contributed by atoms with Crippen molar-refractivity contribution in [1.29, 1.82) is 0 Å². The Hall–Kier alpha value is -4.42. The molecule has 0 aliphatic carbocycles. The number of aryl methyl sites for hydroxylation is 1. The Morgan fingerprint density at radius 2 is 1.43 bits per heavy atom. The lowest BCUT2D eigenvalue weighted by atomic mass is 9.93. The monoisotopic (exact) mass is 877 g/mol. The molecule has 0 radical (unpaired) electrons. The number of rotatable bonds is 24. The highest BCUT2D eigenvalue weighted by atomic mass is 35.5. The van der Waals surface area contributed by atoms with Crippen LogP contribution in [0, 0.1) is 5.92 Å². The van der Waals surface area contributed by atoms with Crippen molar-refractivity contribution >= 4 is 29.3 Å². The van der Waals surface area contributed by atoms with Crippen molar-refractivity contribution in [1.82, 2.24) is 20.2 Å². The van der Waals surface area contributed by atoms with E-state index >= 15 is 0 Å². The van der Waals surface area contributed by atoms with Gasteiger partial charge < -0.3 is 72.6 Å². The lowest BCUT2D eigenvalue weighted by molar-refractivity contribution is -0.131. The SMILES string of the molecule is NC(=O)c1nc(Cl)cnc1C(N)=NCCCCc1ccc(-c2ccc3c(c2)OCC(C(=O)NCCN(C[C@H](O)[C@@H](O)[C@H](O)[C@H](O)CO)C[C@H](O)[C@@H](O)[C@H](O)[C@H](O)CO)C3)cc1. The number of aromatic nitrogens is 2. The predicted octanol–water partition coefficient (Wildman–Crippen LogP) is -3.53. The fourth-order valence-corrected chi connectivity index (χ4v) is 6.77. The number of hydrogen-bond acceptors (Lipinski definition) is 17. The highest BCUT2D eigenvalue weighted by molar-refractivity contribution is 6.29. The maximum Gasteiger partial charge on any atom is 0.269 e. The third kappa shape index (κ3) is 14.0. The second-order valence-corrected chi connectivity index (χ2v) is 15.2. The van der Waals surface area contributed by atoms with Gasteiger partial charge in [0, 0.05) is 32.7 Å². The number of amidine groups is 1. The number of amides is 2. The molecular formula is C40H56ClN7O13. The first kappa shape index (κ1) is 49.2. The van der Waals surface area contributed by atoms with Gasteiger partial charge in [0.15, 0.2) is 5.69 Å². The van der Waals surface area contributed by atoms with Crippen LogP contribution >= 0.6 is 11.6 Å². The largest absolute Gasteiger partial charge is 0.492 e. The molecule has 0 saturated heterocycles. The number of nitrogens with one attached hydrogen (secondary N) is 1. The van der Waals surface area contributed by atoms with Gasteiger partial charge in [-0.05, 0) is 54.0 Å². The molecular weight excluding hydrogens is 822 g/mol. The number of carbonyl (C=O) groups is 2. The van der Waals surface area contributed by atoms with E-state index in [-0.39, 0.29) is 48.0 Å². The van der Waals surface area contributed by atoms with Gasteiger partial charge >= 0.3 is 0 Å². The van der Waals surface area contributed by atoms with Crippen molar-refractivity contribution in [3.63, 3.8) is 0 Å². The van der Waals surface area contributed by atoms with Crippen molar-refractivity contribution in [3.8, 4) is 16.9 Å². The number of unbranched alkanes of at least 4 members (excludes halogenated alkanes) is 1. The fourth-order valence-electron chi connectivity index (χ4n) is 6.64. The van der Waals surface area contributed by atoms with Gasteiger partial charge in [0.05, 0.1) is 37.5 Å². The number of carbonyl (C=O) groups excluding carboxylic acids is 2. The summed E-state index contributed by atoms with van der Waals surface area (Å²) in [6.45, 7) is -2.34. The van der Waals surface area contributed by atoms with E-state index in [4.69, 9.17) is 38.0 Å². The topological polar surface area (TPSA) is 351 Å². The molecule has 0 saturated carbocycles. The lowest BCUT2D eigenvalue weighted by Gasteiger charge is -2.33. The molecule has 0 fully saturated rings. The molecule has 2 aromatic carbocycles. The highest BCUT2D eigenvalue weighted by Crippen LogP contribution is 2.32. The number of aliphatic hydroxyl groups is 10.